The molecule has 0 aliphatic rings. The van der Waals surface area contributed by atoms with Gasteiger partial charge in [0.25, 0.3) is 10.8 Å². The molecular formula is C13H11ClN2O3. The molecule has 0 aliphatic carbocycles. The molecule has 5 nitrogen and oxygen atoms in total. The van der Waals surface area contributed by atoms with Crippen LogP contribution in [0.25, 0.3) is 11.3 Å². The molecule has 0 unspecified atom stereocenters. The van der Waals surface area contributed by atoms with Gasteiger partial charge in [-0.1, -0.05) is 12.1 Å². The maximum absolute atomic E-state index is 11.4. The number of nitrogens with zero attached hydrogens (tertiary/aromatic N) is 1. The average Bonchev–Trinajstić information content (AvgIpc) is 2.39. The number of hydrogen-bond donors (Lipinski definition) is 1. The zero-order valence-electron chi connectivity index (χ0n) is 10.1. The van der Waals surface area contributed by atoms with Gasteiger partial charge < -0.3 is 4.74 Å². The maximum atomic E-state index is 11.4. The molecule has 0 radical (unpaired) electrons. The van der Waals surface area contributed by atoms with Crippen LogP contribution < -0.4 is 10.3 Å². The van der Waals surface area contributed by atoms with Crippen molar-refractivity contribution in [3.63, 3.8) is 0 Å². The van der Waals surface area contributed by atoms with Gasteiger partial charge in [0, 0.05) is 5.56 Å². The highest BCUT2D eigenvalue weighted by Crippen LogP contribution is 2.22. The van der Waals surface area contributed by atoms with Gasteiger partial charge in [-0.15, -0.1) is 0 Å². The lowest BCUT2D eigenvalue weighted by Gasteiger charge is -2.05. The van der Waals surface area contributed by atoms with Gasteiger partial charge in [0.2, 0.25) is 0 Å². The van der Waals surface area contributed by atoms with Crippen molar-refractivity contribution < 1.29 is 9.53 Å². The molecule has 0 bridgehead atoms. The Hall–Kier alpha value is -2.14. The third-order valence-corrected chi connectivity index (χ3v) is 2.66. The summed E-state index contributed by atoms with van der Waals surface area (Å²) >= 11 is 5.34. The van der Waals surface area contributed by atoms with E-state index in [-0.39, 0.29) is 5.56 Å². The van der Waals surface area contributed by atoms with Crippen LogP contribution in [0.2, 0.25) is 0 Å². The number of nitrogens with one attached hydrogen (secondary N) is 1. The third kappa shape index (κ3) is 3.00. The van der Waals surface area contributed by atoms with Crippen LogP contribution in [0.4, 0.5) is 0 Å². The van der Waals surface area contributed by atoms with Crippen LogP contribution >= 0.6 is 11.6 Å². The molecule has 0 spiro atoms. The zero-order valence-corrected chi connectivity index (χ0v) is 10.9. The summed E-state index contributed by atoms with van der Waals surface area (Å²) in [6.07, 6.45) is 0. The van der Waals surface area contributed by atoms with Gasteiger partial charge in [0.05, 0.1) is 12.3 Å². The highest BCUT2D eigenvalue weighted by atomic mass is 35.5. The second-order valence-electron chi connectivity index (χ2n) is 3.73. The fourth-order valence-corrected chi connectivity index (χ4v) is 1.75. The Morgan fingerprint density at radius 2 is 2.21 bits per heavy atom. The lowest BCUT2D eigenvalue weighted by molar-refractivity contribution is 0.108. The summed E-state index contributed by atoms with van der Waals surface area (Å²) in [5.74, 6) is 0.687. The molecule has 0 fully saturated rings. The molecule has 1 N–H and O–H groups in total. The lowest BCUT2D eigenvalue weighted by Crippen LogP contribution is -2.16. The molecule has 0 aliphatic heterocycles. The number of rotatable bonds is 4. The molecule has 1 aromatic heterocycles. The van der Waals surface area contributed by atoms with Gasteiger partial charge in [-0.2, -0.15) is 5.10 Å². The Morgan fingerprint density at radius 3 is 2.89 bits per heavy atom. The van der Waals surface area contributed by atoms with Crippen LogP contribution in [-0.4, -0.2) is 22.0 Å². The number of aromatic nitrogens is 2. The van der Waals surface area contributed by atoms with E-state index >= 15 is 0 Å². The Balaban J connectivity index is 2.47. The topological polar surface area (TPSA) is 72.1 Å². The molecule has 0 saturated heterocycles. The first-order valence-electron chi connectivity index (χ1n) is 5.64. The summed E-state index contributed by atoms with van der Waals surface area (Å²) in [6.45, 7) is 2.43. The Bertz CT molecular complexity index is 667. The number of hydrogen-bond acceptors (Lipinski definition) is 4. The number of benzene rings is 1. The Kier molecular flexibility index (Phi) is 3.97. The van der Waals surface area contributed by atoms with E-state index in [1.54, 1.807) is 18.2 Å². The van der Waals surface area contributed by atoms with Crippen LogP contribution in [0.15, 0.2) is 35.1 Å². The van der Waals surface area contributed by atoms with Crippen molar-refractivity contribution in [3.05, 3.63) is 46.2 Å². The quantitative estimate of drug-likeness (QED) is 0.871. The van der Waals surface area contributed by atoms with E-state index in [9.17, 15) is 9.59 Å². The van der Waals surface area contributed by atoms with E-state index in [1.807, 2.05) is 13.0 Å². The summed E-state index contributed by atoms with van der Waals surface area (Å²) in [4.78, 5) is 22.5. The highest BCUT2D eigenvalue weighted by Gasteiger charge is 2.11. The molecule has 98 valence electrons. The van der Waals surface area contributed by atoms with Gasteiger partial charge in [-0.05, 0) is 36.7 Å². The average molecular weight is 279 g/mol. The van der Waals surface area contributed by atoms with E-state index in [2.05, 4.69) is 10.2 Å². The standard InChI is InChI=1S/C13H11ClN2O3/c1-2-19-9-5-3-4-8(6-9)11-7-10(12(14)17)13(18)16-15-11/h3-7H,2H2,1H3,(H,16,18). The molecule has 0 saturated carbocycles. The first kappa shape index (κ1) is 13.3. The van der Waals surface area contributed by atoms with Crippen molar-refractivity contribution in [3.8, 4) is 17.0 Å². The first-order chi connectivity index (χ1) is 9.11. The van der Waals surface area contributed by atoms with Gasteiger partial charge in [-0.25, -0.2) is 5.10 Å². The lowest BCUT2D eigenvalue weighted by atomic mass is 10.1. The molecule has 0 amide bonds. The fourth-order valence-electron chi connectivity index (χ4n) is 1.61. The Labute approximate surface area is 114 Å². The van der Waals surface area contributed by atoms with Crippen LogP contribution in [0, 0.1) is 0 Å². The zero-order chi connectivity index (χ0) is 13.8. The number of ether oxygens (including phenoxy) is 1. The smallest absolute Gasteiger partial charge is 0.276 e. The van der Waals surface area contributed by atoms with E-state index < -0.39 is 10.8 Å². The maximum Gasteiger partial charge on any atom is 0.276 e. The van der Waals surface area contributed by atoms with Gasteiger partial charge in [-0.3, -0.25) is 9.59 Å². The van der Waals surface area contributed by atoms with Gasteiger partial charge in [0.1, 0.15) is 11.3 Å². The largest absolute Gasteiger partial charge is 0.494 e. The van der Waals surface area contributed by atoms with E-state index in [0.29, 0.717) is 18.1 Å². The third-order valence-electron chi connectivity index (χ3n) is 2.46. The van der Waals surface area contributed by atoms with Gasteiger partial charge >= 0.3 is 0 Å². The van der Waals surface area contributed by atoms with Crippen molar-refractivity contribution >= 4 is 16.8 Å². The van der Waals surface area contributed by atoms with E-state index in [4.69, 9.17) is 16.3 Å². The number of H-pyrrole nitrogens is 1. The number of aromatic amines is 1. The predicted molar refractivity (Wildman–Crippen MR) is 71.6 cm³/mol. The number of carbonyl (C=O) groups is 1. The molecule has 6 heteroatoms. The second kappa shape index (κ2) is 5.67. The highest BCUT2D eigenvalue weighted by molar-refractivity contribution is 6.67. The molecule has 2 aromatic rings. The molecule has 0 atom stereocenters. The minimum Gasteiger partial charge on any atom is -0.494 e. The second-order valence-corrected chi connectivity index (χ2v) is 4.07. The van der Waals surface area contributed by atoms with Crippen molar-refractivity contribution in [2.75, 3.05) is 6.61 Å². The molecular weight excluding hydrogens is 268 g/mol. The van der Waals surface area contributed by atoms with Crippen molar-refractivity contribution in [2.45, 2.75) is 6.92 Å². The molecule has 1 aromatic carbocycles. The van der Waals surface area contributed by atoms with E-state index in [1.165, 1.54) is 6.07 Å². The molecule has 1 heterocycles. The number of carbonyl (C=O) groups excluding carboxylic acids is 1. The summed E-state index contributed by atoms with van der Waals surface area (Å²) in [5, 5.41) is 5.32. The molecule has 19 heavy (non-hydrogen) atoms. The van der Waals surface area contributed by atoms with Crippen molar-refractivity contribution in [2.24, 2.45) is 0 Å². The van der Waals surface area contributed by atoms with Crippen molar-refractivity contribution in [1.82, 2.24) is 10.2 Å². The van der Waals surface area contributed by atoms with Crippen LogP contribution in [0.5, 0.6) is 5.75 Å². The summed E-state index contributed by atoms with van der Waals surface area (Å²) in [6, 6.07) is 8.54. The molecule has 2 rings (SSSR count). The van der Waals surface area contributed by atoms with Crippen LogP contribution in [0.3, 0.4) is 0 Å². The first-order valence-corrected chi connectivity index (χ1v) is 6.02. The van der Waals surface area contributed by atoms with Crippen molar-refractivity contribution in [1.29, 1.82) is 0 Å². The summed E-state index contributed by atoms with van der Waals surface area (Å²) in [5.41, 5.74) is 0.435. The SMILES string of the molecule is CCOc1cccc(-c2cc(C(=O)Cl)c(=O)[nH]n2)c1. The normalized spacial score (nSPS) is 10.2. The minimum atomic E-state index is -0.814. The van der Waals surface area contributed by atoms with Crippen LogP contribution in [0.1, 0.15) is 17.3 Å². The Morgan fingerprint density at radius 1 is 1.42 bits per heavy atom. The van der Waals surface area contributed by atoms with E-state index in [0.717, 1.165) is 5.56 Å². The minimum absolute atomic E-state index is 0.131. The van der Waals surface area contributed by atoms with Crippen LogP contribution in [-0.2, 0) is 0 Å². The van der Waals surface area contributed by atoms with Gasteiger partial charge in [0.15, 0.2) is 0 Å². The fraction of sp³-hybridized carbons (Fsp3) is 0.154. The summed E-state index contributed by atoms with van der Waals surface area (Å²) in [7, 11) is 0. The monoisotopic (exact) mass is 278 g/mol. The number of halogens is 1. The predicted octanol–water partition coefficient (Wildman–Crippen LogP) is 2.21. The summed E-state index contributed by atoms with van der Waals surface area (Å²) < 4.78 is 5.38.